The van der Waals surface area contributed by atoms with E-state index in [1.165, 1.54) is 0 Å². The van der Waals surface area contributed by atoms with Crippen molar-refractivity contribution >= 4 is 11.9 Å². The van der Waals surface area contributed by atoms with Gasteiger partial charge in [-0.3, -0.25) is 4.79 Å². The second-order valence-corrected chi connectivity index (χ2v) is 6.36. The maximum Gasteiger partial charge on any atom is 0.339 e. The molecule has 0 radical (unpaired) electrons. The van der Waals surface area contributed by atoms with Crippen LogP contribution < -0.4 is 5.32 Å². The highest BCUT2D eigenvalue weighted by molar-refractivity contribution is 6.02. The van der Waals surface area contributed by atoms with Crippen LogP contribution in [0.15, 0.2) is 12.2 Å². The lowest BCUT2D eigenvalue weighted by Crippen LogP contribution is -2.80. The summed E-state index contributed by atoms with van der Waals surface area (Å²) >= 11 is 0. The summed E-state index contributed by atoms with van der Waals surface area (Å²) in [5.74, 6) is -1.14. The van der Waals surface area contributed by atoms with Gasteiger partial charge in [0.05, 0.1) is 12.0 Å². The molecule has 2 fully saturated rings. The van der Waals surface area contributed by atoms with E-state index in [4.69, 9.17) is 4.74 Å². The lowest BCUT2D eigenvalue weighted by Gasteiger charge is -2.56. The average Bonchev–Trinajstić information content (AvgIpc) is 2.71. The highest BCUT2D eigenvalue weighted by atomic mass is 16.6. The molecule has 0 aromatic carbocycles. The average molecular weight is 293 g/mol. The second-order valence-electron chi connectivity index (χ2n) is 6.36. The number of aliphatic hydroxyl groups is 1. The number of carbonyl (C=O) groups is 2. The third-order valence-corrected chi connectivity index (χ3v) is 5.54. The van der Waals surface area contributed by atoms with Gasteiger partial charge in [-0.25, -0.2) is 4.79 Å². The van der Waals surface area contributed by atoms with Crippen LogP contribution in [0.25, 0.3) is 0 Å². The summed E-state index contributed by atoms with van der Waals surface area (Å²) in [7, 11) is 0. The Morgan fingerprint density at radius 1 is 1.48 bits per heavy atom. The summed E-state index contributed by atoms with van der Waals surface area (Å²) in [6, 6.07) is 0. The number of carbonyl (C=O) groups excluding carboxylic acids is 2. The van der Waals surface area contributed by atoms with Gasteiger partial charge in [0.25, 0.3) is 0 Å². The van der Waals surface area contributed by atoms with E-state index in [-0.39, 0.29) is 17.7 Å². The molecule has 5 heteroatoms. The molecule has 5 unspecified atom stereocenters. The molecular formula is C16H23NO4. The fourth-order valence-corrected chi connectivity index (χ4v) is 4.43. The van der Waals surface area contributed by atoms with Crippen LogP contribution in [0.5, 0.6) is 0 Å². The minimum Gasteiger partial charge on any atom is -0.453 e. The number of rotatable bonds is 4. The summed E-state index contributed by atoms with van der Waals surface area (Å²) in [6.07, 6.45) is 7.05. The smallest absolute Gasteiger partial charge is 0.339 e. The molecule has 1 aliphatic carbocycles. The monoisotopic (exact) mass is 293 g/mol. The topological polar surface area (TPSA) is 75.6 Å². The first-order valence-corrected chi connectivity index (χ1v) is 7.93. The highest BCUT2D eigenvalue weighted by Crippen LogP contribution is 2.55. The van der Waals surface area contributed by atoms with Crippen molar-refractivity contribution in [2.24, 2.45) is 11.8 Å². The van der Waals surface area contributed by atoms with Gasteiger partial charge in [0.15, 0.2) is 5.60 Å². The molecule has 0 bridgehead atoms. The molecule has 0 spiro atoms. The van der Waals surface area contributed by atoms with Crippen LogP contribution in [0.4, 0.5) is 0 Å². The lowest BCUT2D eigenvalue weighted by molar-refractivity contribution is -0.244. The fraction of sp³-hybridized carbons (Fsp3) is 0.750. The summed E-state index contributed by atoms with van der Waals surface area (Å²) in [5, 5.41) is 13.7. The predicted octanol–water partition coefficient (Wildman–Crippen LogP) is 1.30. The zero-order valence-electron chi connectivity index (χ0n) is 12.6. The molecule has 1 amide bonds. The zero-order valence-corrected chi connectivity index (χ0v) is 12.6. The third-order valence-electron chi connectivity index (χ3n) is 5.54. The molecular weight excluding hydrogens is 270 g/mol. The molecule has 2 aliphatic heterocycles. The molecule has 0 aromatic heterocycles. The highest BCUT2D eigenvalue weighted by Gasteiger charge is 2.80. The van der Waals surface area contributed by atoms with Gasteiger partial charge in [-0.1, -0.05) is 26.0 Å². The zero-order chi connectivity index (χ0) is 15.3. The van der Waals surface area contributed by atoms with Crippen molar-refractivity contribution in [2.75, 3.05) is 0 Å². The van der Waals surface area contributed by atoms with Crippen molar-refractivity contribution in [1.29, 1.82) is 0 Å². The normalized spacial score (nSPS) is 42.8. The van der Waals surface area contributed by atoms with Crippen LogP contribution in [0.3, 0.4) is 0 Å². The Kier molecular flexibility index (Phi) is 3.35. The molecule has 2 N–H and O–H groups in total. The Morgan fingerprint density at radius 2 is 2.24 bits per heavy atom. The van der Waals surface area contributed by atoms with Crippen molar-refractivity contribution in [1.82, 2.24) is 5.32 Å². The summed E-state index contributed by atoms with van der Waals surface area (Å²) < 4.78 is 5.48. The van der Waals surface area contributed by atoms with Gasteiger partial charge in [0.1, 0.15) is 0 Å². The standard InChI is InChI=1S/C16H23NO4/c1-3-11-13(19)17-16(14(20)21-15(11,16)4-2)12(18)10-8-6-5-7-9-10/h6,8,10-12,18H,3-5,7,9H2,1-2H3,(H,17,19). The van der Waals surface area contributed by atoms with E-state index < -0.39 is 23.2 Å². The maximum atomic E-state index is 12.3. The van der Waals surface area contributed by atoms with Crippen molar-refractivity contribution in [3.63, 3.8) is 0 Å². The first kappa shape index (κ1) is 14.6. The molecule has 3 aliphatic rings. The van der Waals surface area contributed by atoms with Crippen LogP contribution in [0.2, 0.25) is 0 Å². The van der Waals surface area contributed by atoms with E-state index in [0.29, 0.717) is 12.8 Å². The summed E-state index contributed by atoms with van der Waals surface area (Å²) in [6.45, 7) is 3.82. The quantitative estimate of drug-likeness (QED) is 0.605. The Bertz CT molecular complexity index is 503. The van der Waals surface area contributed by atoms with Gasteiger partial charge in [-0.15, -0.1) is 0 Å². The second kappa shape index (κ2) is 4.83. The Balaban J connectivity index is 2.00. The van der Waals surface area contributed by atoms with Crippen LogP contribution in [-0.4, -0.2) is 34.2 Å². The molecule has 2 saturated heterocycles. The molecule has 3 rings (SSSR count). The van der Waals surface area contributed by atoms with E-state index in [1.807, 2.05) is 26.0 Å². The molecule has 0 aromatic rings. The van der Waals surface area contributed by atoms with Gasteiger partial charge in [0.2, 0.25) is 11.4 Å². The largest absolute Gasteiger partial charge is 0.453 e. The number of allylic oxidation sites excluding steroid dienone is 1. The molecule has 0 saturated carbocycles. The summed E-state index contributed by atoms with van der Waals surface area (Å²) in [4.78, 5) is 24.6. The van der Waals surface area contributed by atoms with Crippen LogP contribution in [0.1, 0.15) is 46.0 Å². The fourth-order valence-electron chi connectivity index (χ4n) is 4.43. The van der Waals surface area contributed by atoms with Crippen molar-refractivity contribution in [3.8, 4) is 0 Å². The van der Waals surface area contributed by atoms with Gasteiger partial charge in [-0.05, 0) is 32.1 Å². The molecule has 5 atom stereocenters. The van der Waals surface area contributed by atoms with E-state index in [0.717, 1.165) is 19.3 Å². The number of esters is 1. The first-order chi connectivity index (χ1) is 10.0. The summed E-state index contributed by atoms with van der Waals surface area (Å²) in [5.41, 5.74) is -2.15. The SMILES string of the molecule is CCC1C(=O)NC2(C(O)C3C=CCCC3)C(=O)OC12CC. The maximum absolute atomic E-state index is 12.3. The molecule has 21 heavy (non-hydrogen) atoms. The number of amides is 1. The van der Waals surface area contributed by atoms with Crippen molar-refractivity contribution in [2.45, 2.75) is 63.2 Å². The lowest BCUT2D eigenvalue weighted by atomic mass is 9.62. The minimum absolute atomic E-state index is 0.103. The number of hydrogen-bond acceptors (Lipinski definition) is 4. The molecule has 5 nitrogen and oxygen atoms in total. The van der Waals surface area contributed by atoms with Crippen molar-refractivity contribution < 1.29 is 19.4 Å². The van der Waals surface area contributed by atoms with E-state index in [1.54, 1.807) is 0 Å². The Hall–Kier alpha value is -1.36. The number of hydrogen-bond donors (Lipinski definition) is 2. The van der Waals surface area contributed by atoms with Gasteiger partial charge in [-0.2, -0.15) is 0 Å². The van der Waals surface area contributed by atoms with Crippen molar-refractivity contribution in [3.05, 3.63) is 12.2 Å². The van der Waals surface area contributed by atoms with Gasteiger partial charge < -0.3 is 15.2 Å². The van der Waals surface area contributed by atoms with E-state index in [9.17, 15) is 14.7 Å². The Labute approximate surface area is 124 Å². The number of nitrogens with one attached hydrogen (secondary N) is 1. The molecule has 2 heterocycles. The number of ether oxygens (including phenoxy) is 1. The third kappa shape index (κ3) is 1.61. The van der Waals surface area contributed by atoms with Crippen LogP contribution in [-0.2, 0) is 14.3 Å². The predicted molar refractivity (Wildman–Crippen MR) is 76.3 cm³/mol. The van der Waals surface area contributed by atoms with Crippen LogP contribution >= 0.6 is 0 Å². The van der Waals surface area contributed by atoms with E-state index >= 15 is 0 Å². The van der Waals surface area contributed by atoms with Gasteiger partial charge in [0, 0.05) is 5.92 Å². The first-order valence-electron chi connectivity index (χ1n) is 7.93. The van der Waals surface area contributed by atoms with E-state index in [2.05, 4.69) is 5.32 Å². The Morgan fingerprint density at radius 3 is 2.76 bits per heavy atom. The van der Waals surface area contributed by atoms with Gasteiger partial charge >= 0.3 is 5.97 Å². The van der Waals surface area contributed by atoms with Crippen LogP contribution in [0, 0.1) is 11.8 Å². The number of fused-ring (bicyclic) bond motifs is 1. The number of aliphatic hydroxyl groups excluding tert-OH is 1. The minimum atomic E-state index is -1.26. The molecule has 116 valence electrons.